The third kappa shape index (κ3) is 14.3. The maximum absolute atomic E-state index is 10.7. The molecule has 0 saturated heterocycles. The summed E-state index contributed by atoms with van der Waals surface area (Å²) >= 11 is 34.9. The van der Waals surface area contributed by atoms with Crippen LogP contribution in [-0.4, -0.2) is 47.7 Å². The van der Waals surface area contributed by atoms with E-state index in [2.05, 4.69) is 87.7 Å². The van der Waals surface area contributed by atoms with Crippen LogP contribution in [0.4, 0.5) is 13.2 Å². The van der Waals surface area contributed by atoms with Crippen LogP contribution in [0.1, 0.15) is 23.0 Å². The summed E-state index contributed by atoms with van der Waals surface area (Å²) < 4.78 is 65.5. The van der Waals surface area contributed by atoms with E-state index in [0.29, 0.717) is 0 Å². The molecule has 0 fully saturated rings. The van der Waals surface area contributed by atoms with Crippen molar-refractivity contribution in [1.29, 1.82) is 0 Å². The minimum atomic E-state index is -6.09. The number of rotatable bonds is 7. The molecular weight excluding hydrogens is 864 g/mol. The molecule has 0 amide bonds. The summed E-state index contributed by atoms with van der Waals surface area (Å²) in [6.07, 6.45) is 3.34. The number of methoxy groups -OCH3 is 2. The van der Waals surface area contributed by atoms with Crippen molar-refractivity contribution < 1.29 is 35.6 Å². The van der Waals surface area contributed by atoms with Crippen LogP contribution in [0.3, 0.4) is 0 Å². The first-order valence-electron chi connectivity index (χ1n) is 14.5. The molecular formula is C34H26Cl6F3N3O5S2. The zero-order chi connectivity index (χ0) is 39.5. The predicted octanol–water partition coefficient (Wildman–Crippen LogP) is 10.5. The number of hydrogen-bond donors (Lipinski definition) is 0. The van der Waals surface area contributed by atoms with Crippen LogP contribution in [0.15, 0.2) is 124 Å². The molecule has 0 atom stereocenters. The summed E-state index contributed by atoms with van der Waals surface area (Å²) in [5.41, 5.74) is -4.77. The Balaban J connectivity index is 0.000000239. The van der Waals surface area contributed by atoms with Gasteiger partial charge in [0.05, 0.1) is 25.1 Å². The number of nitrogens with zero attached hydrogens (tertiary/aromatic N) is 3. The van der Waals surface area contributed by atoms with Crippen LogP contribution < -0.4 is 9.47 Å². The van der Waals surface area contributed by atoms with Gasteiger partial charge in [-0.05, 0) is 72.3 Å². The lowest BCUT2D eigenvalue weighted by atomic mass is 10.2. The van der Waals surface area contributed by atoms with Crippen molar-refractivity contribution in [3.05, 3.63) is 132 Å². The summed E-state index contributed by atoms with van der Waals surface area (Å²) in [4.78, 5) is 16.0. The van der Waals surface area contributed by atoms with Crippen molar-refractivity contribution in [2.75, 3.05) is 14.2 Å². The van der Waals surface area contributed by atoms with Crippen molar-refractivity contribution >= 4 is 103 Å². The van der Waals surface area contributed by atoms with Crippen molar-refractivity contribution in [2.24, 2.45) is 0 Å². The summed E-state index contributed by atoms with van der Waals surface area (Å²) in [5, 5.41) is 0. The highest BCUT2D eigenvalue weighted by Gasteiger charge is 2.37. The SMILES string of the molecule is COc1ccc(C=Cc2nc(C(Cl)(Cl)Cl)nc(C(Cl)(Cl)Cl)n2)cc1.COc1ccc([S+](c2ccccc2)c2ccccc2)cc1.O=S(=O)([O-])C(F)(F)F. The second-order valence-electron chi connectivity index (χ2n) is 9.95. The fraction of sp³-hybridized carbons (Fsp3) is 0.147. The van der Waals surface area contributed by atoms with Gasteiger partial charge in [0.15, 0.2) is 42.3 Å². The van der Waals surface area contributed by atoms with Gasteiger partial charge in [-0.25, -0.2) is 23.4 Å². The highest BCUT2D eigenvalue weighted by atomic mass is 35.6. The molecule has 0 unspecified atom stereocenters. The lowest BCUT2D eigenvalue weighted by Gasteiger charge is -2.14. The average molecular weight is 890 g/mol. The Hall–Kier alpha value is -2.98. The summed E-state index contributed by atoms with van der Waals surface area (Å²) in [6.45, 7) is 0. The lowest BCUT2D eigenvalue weighted by Crippen LogP contribution is -2.21. The van der Waals surface area contributed by atoms with E-state index < -0.39 is 23.2 Å². The van der Waals surface area contributed by atoms with Crippen molar-refractivity contribution in [2.45, 2.75) is 27.8 Å². The molecule has 0 saturated carbocycles. The minimum Gasteiger partial charge on any atom is -0.741 e. The minimum absolute atomic E-state index is 0.0804. The molecule has 53 heavy (non-hydrogen) atoms. The number of alkyl halides is 9. The van der Waals surface area contributed by atoms with Crippen LogP contribution in [-0.2, 0) is 28.6 Å². The fourth-order valence-electron chi connectivity index (χ4n) is 3.84. The summed E-state index contributed by atoms with van der Waals surface area (Å²) in [5.74, 6) is 1.53. The highest BCUT2D eigenvalue weighted by Crippen LogP contribution is 2.40. The van der Waals surface area contributed by atoms with E-state index in [1.54, 1.807) is 26.4 Å². The maximum atomic E-state index is 10.7. The van der Waals surface area contributed by atoms with Gasteiger partial charge in [0.25, 0.3) is 0 Å². The number of benzene rings is 4. The normalized spacial score (nSPS) is 12.0. The van der Waals surface area contributed by atoms with Gasteiger partial charge in [0.2, 0.25) is 7.59 Å². The van der Waals surface area contributed by atoms with E-state index >= 15 is 0 Å². The Morgan fingerprint density at radius 2 is 0.962 bits per heavy atom. The smallest absolute Gasteiger partial charge is 0.485 e. The van der Waals surface area contributed by atoms with Crippen LogP contribution in [0.2, 0.25) is 0 Å². The molecule has 5 aromatic rings. The molecule has 19 heteroatoms. The standard InChI is InChI=1S/C19H17OS.C14H9Cl6N3O.CHF3O3S/c1-20-16-12-14-19(15-13-16)21(17-8-4-2-5-9-17)18-10-6-3-7-11-18;1-24-9-5-2-8(3-6-9)4-7-10-21-11(13(15,16)17)23-12(22-10)14(18,19)20;2-1(3,4)8(5,6)7/h2-15H,1H3;2-7H,1H3;(H,5,6,7)/q+1;;/p-1. The molecule has 0 spiro atoms. The molecule has 4 aromatic carbocycles. The third-order valence-corrected chi connectivity index (χ3v) is 10.0. The van der Waals surface area contributed by atoms with E-state index in [9.17, 15) is 13.2 Å². The molecule has 0 radical (unpaired) electrons. The molecule has 0 aliphatic heterocycles. The first kappa shape index (κ1) is 44.4. The number of aromatic nitrogens is 3. The first-order chi connectivity index (χ1) is 24.7. The lowest BCUT2D eigenvalue weighted by molar-refractivity contribution is -0.0517. The molecule has 5 rings (SSSR count). The van der Waals surface area contributed by atoms with Gasteiger partial charge in [-0.15, -0.1) is 0 Å². The summed E-state index contributed by atoms with van der Waals surface area (Å²) in [6, 6.07) is 37.0. The van der Waals surface area contributed by atoms with Crippen LogP contribution in [0, 0.1) is 0 Å². The molecule has 0 bridgehead atoms. The molecule has 0 aliphatic rings. The van der Waals surface area contributed by atoms with Gasteiger partial charge in [-0.3, -0.25) is 0 Å². The largest absolute Gasteiger partial charge is 0.741 e. The Kier molecular flexibility index (Phi) is 16.4. The topological polar surface area (TPSA) is 114 Å². The second-order valence-corrected chi connectivity index (χ2v) is 17.9. The summed E-state index contributed by atoms with van der Waals surface area (Å²) in [7, 11) is -2.88. The Morgan fingerprint density at radius 1 is 0.604 bits per heavy atom. The second kappa shape index (κ2) is 19.6. The number of ether oxygens (including phenoxy) is 2. The van der Waals surface area contributed by atoms with Crippen molar-refractivity contribution in [1.82, 2.24) is 15.0 Å². The van der Waals surface area contributed by atoms with Gasteiger partial charge < -0.3 is 14.0 Å². The van der Waals surface area contributed by atoms with Crippen LogP contribution in [0.25, 0.3) is 12.2 Å². The van der Waals surface area contributed by atoms with Crippen LogP contribution >= 0.6 is 69.6 Å². The number of hydrogen-bond acceptors (Lipinski definition) is 8. The molecule has 282 valence electrons. The maximum Gasteiger partial charge on any atom is 0.485 e. The van der Waals surface area contributed by atoms with Crippen LogP contribution in [0.5, 0.6) is 11.5 Å². The molecule has 1 heterocycles. The Bertz CT molecular complexity index is 1970. The highest BCUT2D eigenvalue weighted by molar-refractivity contribution is 7.97. The van der Waals surface area contributed by atoms with E-state index in [-0.39, 0.29) is 28.4 Å². The van der Waals surface area contributed by atoms with E-state index in [1.807, 2.05) is 36.4 Å². The first-order valence-corrected chi connectivity index (χ1v) is 19.4. The van der Waals surface area contributed by atoms with Gasteiger partial charge in [-0.2, -0.15) is 13.2 Å². The molecule has 1 aromatic heterocycles. The predicted molar refractivity (Wildman–Crippen MR) is 204 cm³/mol. The Morgan fingerprint density at radius 3 is 1.30 bits per heavy atom. The van der Waals surface area contributed by atoms with E-state index in [0.717, 1.165) is 17.1 Å². The fourth-order valence-corrected chi connectivity index (χ4v) is 6.43. The van der Waals surface area contributed by atoms with Gasteiger partial charge in [0, 0.05) is 0 Å². The van der Waals surface area contributed by atoms with Crippen molar-refractivity contribution in [3.8, 4) is 11.5 Å². The molecule has 8 nitrogen and oxygen atoms in total. The Labute approximate surface area is 336 Å². The van der Waals surface area contributed by atoms with Gasteiger partial charge in [0.1, 0.15) is 11.5 Å². The quantitative estimate of drug-likeness (QED) is 0.0687. The third-order valence-electron chi connectivity index (χ3n) is 6.24. The number of halogens is 9. The van der Waals surface area contributed by atoms with Crippen molar-refractivity contribution in [3.63, 3.8) is 0 Å². The zero-order valence-electron chi connectivity index (χ0n) is 27.1. The van der Waals surface area contributed by atoms with E-state index in [1.165, 1.54) is 14.7 Å². The zero-order valence-corrected chi connectivity index (χ0v) is 33.3. The average Bonchev–Trinajstić information content (AvgIpc) is 3.11. The van der Waals surface area contributed by atoms with Gasteiger partial charge >= 0.3 is 5.51 Å². The monoisotopic (exact) mass is 887 g/mol. The molecule has 0 N–H and O–H groups in total. The van der Waals surface area contributed by atoms with Gasteiger partial charge in [-0.1, -0.05) is 124 Å². The molecule has 0 aliphatic carbocycles. The van der Waals surface area contributed by atoms with E-state index in [4.69, 9.17) is 92.0 Å².